The van der Waals surface area contributed by atoms with E-state index in [1.54, 1.807) is 13.8 Å². The van der Waals surface area contributed by atoms with Gasteiger partial charge in [-0.2, -0.15) is 0 Å². The molecule has 206 valence electrons. The topological polar surface area (TPSA) is 52.6 Å². The van der Waals surface area contributed by atoms with Gasteiger partial charge >= 0.3 is 11.9 Å². The Bertz CT molecular complexity index is 746. The molecule has 1 aromatic rings. The molecular weight excluding hydrogens is 462 g/mol. The minimum Gasteiger partial charge on any atom is -0.465 e. The molecule has 0 unspecified atom stereocenters. The Morgan fingerprint density at radius 1 is 0.667 bits per heavy atom. The van der Waals surface area contributed by atoms with Crippen molar-refractivity contribution in [1.29, 1.82) is 0 Å². The van der Waals surface area contributed by atoms with Gasteiger partial charge in [0.1, 0.15) is 6.61 Å². The van der Waals surface area contributed by atoms with Gasteiger partial charge in [-0.25, -0.2) is 8.78 Å². The second-order valence-corrected chi connectivity index (χ2v) is 9.85. The van der Waals surface area contributed by atoms with Crippen LogP contribution >= 0.6 is 0 Å². The number of hydrogen-bond acceptors (Lipinski definition) is 4. The van der Waals surface area contributed by atoms with Gasteiger partial charge in [0.05, 0.1) is 6.61 Å². The Kier molecular flexibility index (Phi) is 17.1. The Morgan fingerprint density at radius 3 is 1.61 bits per heavy atom. The van der Waals surface area contributed by atoms with Crippen molar-refractivity contribution < 1.29 is 27.8 Å². The molecule has 0 fully saturated rings. The number of carbonyl (C=O) groups excluding carboxylic acids is 2. The van der Waals surface area contributed by atoms with E-state index in [0.29, 0.717) is 5.56 Å². The second-order valence-electron chi connectivity index (χ2n) is 9.85. The summed E-state index contributed by atoms with van der Waals surface area (Å²) in [5.74, 6) is -3.23. The first-order valence-electron chi connectivity index (χ1n) is 14.2. The molecule has 0 aliphatic rings. The molecule has 36 heavy (non-hydrogen) atoms. The van der Waals surface area contributed by atoms with Crippen LogP contribution < -0.4 is 0 Å². The fraction of sp³-hybridized carbons (Fsp3) is 0.733. The second kappa shape index (κ2) is 19.2. The molecule has 4 nitrogen and oxygen atoms in total. The maximum Gasteiger partial charge on any atom is 0.323 e. The lowest BCUT2D eigenvalue weighted by Crippen LogP contribution is -2.41. The summed E-state index contributed by atoms with van der Waals surface area (Å²) in [6.45, 7) is 5.80. The minimum atomic E-state index is -1.38. The average Bonchev–Trinajstić information content (AvgIpc) is 2.88. The first kappa shape index (κ1) is 32.0. The van der Waals surface area contributed by atoms with Gasteiger partial charge in [0.15, 0.2) is 17.0 Å². The highest BCUT2D eigenvalue weighted by molar-refractivity contribution is 5.99. The summed E-state index contributed by atoms with van der Waals surface area (Å²) in [7, 11) is 0. The Balaban J connectivity index is 2.21. The highest BCUT2D eigenvalue weighted by atomic mass is 19.2. The van der Waals surface area contributed by atoms with E-state index in [4.69, 9.17) is 9.47 Å². The van der Waals surface area contributed by atoms with Gasteiger partial charge in [-0.1, -0.05) is 110 Å². The predicted molar refractivity (Wildman–Crippen MR) is 140 cm³/mol. The monoisotopic (exact) mass is 510 g/mol. The normalized spacial score (nSPS) is 11.5. The van der Waals surface area contributed by atoms with Crippen LogP contribution in [-0.4, -0.2) is 18.5 Å². The molecule has 1 rings (SSSR count). The van der Waals surface area contributed by atoms with E-state index in [2.05, 4.69) is 6.92 Å². The highest BCUT2D eigenvalue weighted by Crippen LogP contribution is 2.31. The molecule has 0 aliphatic carbocycles. The van der Waals surface area contributed by atoms with Crippen molar-refractivity contribution in [3.63, 3.8) is 0 Å². The summed E-state index contributed by atoms with van der Waals surface area (Å²) in [6.07, 6.45) is 18.0. The first-order valence-corrected chi connectivity index (χ1v) is 14.2. The van der Waals surface area contributed by atoms with Gasteiger partial charge in [0.25, 0.3) is 0 Å². The molecule has 0 amide bonds. The molecular formula is C30H48F2O4. The zero-order valence-electron chi connectivity index (χ0n) is 22.8. The third-order valence-electron chi connectivity index (χ3n) is 7.07. The maximum absolute atomic E-state index is 13.4. The largest absolute Gasteiger partial charge is 0.465 e. The van der Waals surface area contributed by atoms with Crippen molar-refractivity contribution in [2.24, 2.45) is 5.41 Å². The van der Waals surface area contributed by atoms with Gasteiger partial charge in [-0.05, 0) is 37.0 Å². The molecule has 0 spiro atoms. The number of hydrogen-bond donors (Lipinski definition) is 0. The molecule has 1 aromatic carbocycles. The van der Waals surface area contributed by atoms with Crippen LogP contribution in [0.1, 0.15) is 129 Å². The SMILES string of the molecule is CCCCCCCCCCCCCCCCOC(=O)C(CC)(CC)C(=O)OCc1ccc(F)c(F)c1. The Hall–Kier alpha value is -1.98. The zero-order chi connectivity index (χ0) is 26.7. The summed E-state index contributed by atoms with van der Waals surface area (Å²) in [5, 5.41) is 0. The lowest BCUT2D eigenvalue weighted by Gasteiger charge is -2.27. The van der Waals surface area contributed by atoms with E-state index in [1.165, 1.54) is 76.7 Å². The quantitative estimate of drug-likeness (QED) is 0.0941. The van der Waals surface area contributed by atoms with Gasteiger partial charge in [-0.3, -0.25) is 9.59 Å². The van der Waals surface area contributed by atoms with E-state index in [9.17, 15) is 18.4 Å². The van der Waals surface area contributed by atoms with Gasteiger partial charge in [0, 0.05) is 0 Å². The van der Waals surface area contributed by atoms with Gasteiger partial charge in [-0.15, -0.1) is 0 Å². The molecule has 0 atom stereocenters. The van der Waals surface area contributed by atoms with Crippen LogP contribution in [0.4, 0.5) is 8.78 Å². The number of carbonyl (C=O) groups is 2. The molecule has 0 heterocycles. The van der Waals surface area contributed by atoms with Crippen molar-refractivity contribution in [1.82, 2.24) is 0 Å². The third kappa shape index (κ3) is 11.8. The molecule has 0 aromatic heterocycles. The van der Waals surface area contributed by atoms with Crippen LogP contribution in [0.3, 0.4) is 0 Å². The number of unbranched alkanes of at least 4 members (excludes halogenated alkanes) is 13. The van der Waals surface area contributed by atoms with E-state index >= 15 is 0 Å². The van der Waals surface area contributed by atoms with Crippen LogP contribution in [0, 0.1) is 17.0 Å². The maximum atomic E-state index is 13.4. The molecule has 0 N–H and O–H groups in total. The van der Waals surface area contributed by atoms with E-state index in [0.717, 1.165) is 31.4 Å². The standard InChI is InChI=1S/C30H48F2O4/c1-4-7-8-9-10-11-12-13-14-15-16-17-18-19-22-35-28(33)30(5-2,6-3)29(34)36-24-25-20-21-26(31)27(32)23-25/h20-21,23H,4-19,22,24H2,1-3H3. The number of rotatable bonds is 21. The smallest absolute Gasteiger partial charge is 0.323 e. The minimum absolute atomic E-state index is 0.232. The summed E-state index contributed by atoms with van der Waals surface area (Å²) < 4.78 is 37.2. The van der Waals surface area contributed by atoms with E-state index < -0.39 is 29.0 Å². The molecule has 0 bridgehead atoms. The lowest BCUT2D eigenvalue weighted by molar-refractivity contribution is -0.174. The molecule has 0 radical (unpaired) electrons. The summed E-state index contributed by atoms with van der Waals surface area (Å²) >= 11 is 0. The van der Waals surface area contributed by atoms with Crippen LogP contribution in [0.5, 0.6) is 0 Å². The van der Waals surface area contributed by atoms with Crippen molar-refractivity contribution in [2.45, 2.75) is 130 Å². The molecule has 0 saturated heterocycles. The van der Waals surface area contributed by atoms with Crippen LogP contribution in [-0.2, 0) is 25.7 Å². The zero-order valence-corrected chi connectivity index (χ0v) is 22.8. The summed E-state index contributed by atoms with van der Waals surface area (Å²) in [4.78, 5) is 25.5. The Labute approximate surface area is 217 Å². The number of esters is 2. The fourth-order valence-corrected chi connectivity index (χ4v) is 4.43. The van der Waals surface area contributed by atoms with Crippen LogP contribution in [0.15, 0.2) is 18.2 Å². The summed E-state index contributed by atoms with van der Waals surface area (Å²) in [5.41, 5.74) is -1.06. The molecule has 0 saturated carbocycles. The number of benzene rings is 1. The third-order valence-corrected chi connectivity index (χ3v) is 7.07. The number of ether oxygens (including phenoxy) is 2. The molecule has 6 heteroatoms. The van der Waals surface area contributed by atoms with Crippen molar-refractivity contribution in [2.75, 3.05) is 6.61 Å². The van der Waals surface area contributed by atoms with Gasteiger partial charge in [0.2, 0.25) is 0 Å². The number of halogens is 2. The fourth-order valence-electron chi connectivity index (χ4n) is 4.43. The van der Waals surface area contributed by atoms with E-state index in [-0.39, 0.29) is 26.1 Å². The van der Waals surface area contributed by atoms with Crippen LogP contribution in [0.2, 0.25) is 0 Å². The molecule has 0 aliphatic heterocycles. The van der Waals surface area contributed by atoms with Gasteiger partial charge < -0.3 is 9.47 Å². The highest BCUT2D eigenvalue weighted by Gasteiger charge is 2.45. The van der Waals surface area contributed by atoms with E-state index in [1.807, 2.05) is 0 Å². The van der Waals surface area contributed by atoms with Crippen molar-refractivity contribution >= 4 is 11.9 Å². The lowest BCUT2D eigenvalue weighted by atomic mass is 9.82. The average molecular weight is 511 g/mol. The van der Waals surface area contributed by atoms with Crippen LogP contribution in [0.25, 0.3) is 0 Å². The summed E-state index contributed by atoms with van der Waals surface area (Å²) in [6, 6.07) is 3.31. The Morgan fingerprint density at radius 2 is 1.14 bits per heavy atom. The van der Waals surface area contributed by atoms with Crippen molar-refractivity contribution in [3.05, 3.63) is 35.4 Å². The first-order chi connectivity index (χ1) is 17.4. The predicted octanol–water partition coefficient (Wildman–Crippen LogP) is 8.84. The van der Waals surface area contributed by atoms with Crippen molar-refractivity contribution in [3.8, 4) is 0 Å².